The molecule has 0 spiro atoms. The number of hydrogen-bond donors (Lipinski definition) is 2. The summed E-state index contributed by atoms with van der Waals surface area (Å²) in [5, 5.41) is 26.3. The molecular formula is C27H24N6O5. The van der Waals surface area contributed by atoms with Crippen LogP contribution in [0.3, 0.4) is 0 Å². The second kappa shape index (κ2) is 10.8. The van der Waals surface area contributed by atoms with E-state index in [1.807, 2.05) is 30.3 Å². The van der Waals surface area contributed by atoms with Gasteiger partial charge < -0.3 is 19.8 Å². The van der Waals surface area contributed by atoms with Gasteiger partial charge in [0.25, 0.3) is 17.4 Å². The molecule has 0 radical (unpaired) electrons. The molecule has 0 bridgehead atoms. The molecule has 38 heavy (non-hydrogen) atoms. The average molecular weight is 513 g/mol. The Morgan fingerprint density at radius 2 is 1.95 bits per heavy atom. The predicted molar refractivity (Wildman–Crippen MR) is 137 cm³/mol. The van der Waals surface area contributed by atoms with Crippen molar-refractivity contribution in [1.29, 1.82) is 5.26 Å². The molecule has 0 aliphatic heterocycles. The van der Waals surface area contributed by atoms with Crippen molar-refractivity contribution in [2.45, 2.75) is 12.3 Å². The van der Waals surface area contributed by atoms with Crippen LogP contribution in [0.2, 0.25) is 0 Å². The van der Waals surface area contributed by atoms with Crippen LogP contribution in [0.1, 0.15) is 49.3 Å². The molecule has 1 unspecified atom stereocenters. The number of hydrogen-bond acceptors (Lipinski definition) is 8. The lowest BCUT2D eigenvalue weighted by atomic mass is 9.85. The summed E-state index contributed by atoms with van der Waals surface area (Å²) >= 11 is 0. The number of aromatic hydroxyl groups is 1. The number of carbonyl (C=O) groups is 2. The third kappa shape index (κ3) is 5.15. The zero-order valence-electron chi connectivity index (χ0n) is 20.9. The molecule has 11 heteroatoms. The number of benzene rings is 2. The Labute approximate surface area is 217 Å². The van der Waals surface area contributed by atoms with Gasteiger partial charge in [-0.25, -0.2) is 4.98 Å². The number of carbonyl (C=O) groups excluding carboxylic acids is 2. The average Bonchev–Trinajstić information content (AvgIpc) is 3.44. The van der Waals surface area contributed by atoms with E-state index in [2.05, 4.69) is 21.5 Å². The van der Waals surface area contributed by atoms with Crippen LogP contribution < -0.4 is 10.9 Å². The van der Waals surface area contributed by atoms with Gasteiger partial charge in [0.2, 0.25) is 5.75 Å². The van der Waals surface area contributed by atoms with Crippen LogP contribution in [0.15, 0.2) is 70.3 Å². The number of amides is 2. The van der Waals surface area contributed by atoms with Crippen LogP contribution in [0, 0.1) is 11.3 Å². The fraction of sp³-hybridized carbons (Fsp3) is 0.185. The van der Waals surface area contributed by atoms with Crippen LogP contribution >= 0.6 is 0 Å². The van der Waals surface area contributed by atoms with Crippen molar-refractivity contribution in [3.63, 3.8) is 0 Å². The first-order valence-electron chi connectivity index (χ1n) is 11.5. The molecule has 0 aliphatic rings. The van der Waals surface area contributed by atoms with Crippen LogP contribution in [-0.4, -0.2) is 50.6 Å². The Morgan fingerprint density at radius 3 is 2.58 bits per heavy atom. The van der Waals surface area contributed by atoms with E-state index in [0.717, 1.165) is 10.1 Å². The number of nitrogens with zero attached hydrogens (tertiary/aromatic N) is 5. The molecule has 0 saturated carbocycles. The lowest BCUT2D eigenvalue weighted by molar-refractivity contribution is 0.0827. The van der Waals surface area contributed by atoms with Gasteiger partial charge in [-0.05, 0) is 23.3 Å². The fourth-order valence-electron chi connectivity index (χ4n) is 4.06. The van der Waals surface area contributed by atoms with Gasteiger partial charge in [-0.1, -0.05) is 41.6 Å². The normalized spacial score (nSPS) is 11.4. The molecule has 2 amide bonds. The van der Waals surface area contributed by atoms with Crippen molar-refractivity contribution in [3.05, 3.63) is 105 Å². The molecule has 1 atom stereocenters. The lowest BCUT2D eigenvalue weighted by Crippen LogP contribution is -2.28. The van der Waals surface area contributed by atoms with Crippen LogP contribution in [-0.2, 0) is 13.5 Å². The number of aromatic nitrogens is 3. The van der Waals surface area contributed by atoms with E-state index in [1.54, 1.807) is 26.2 Å². The van der Waals surface area contributed by atoms with E-state index in [0.29, 0.717) is 16.7 Å². The smallest absolute Gasteiger partial charge is 0.296 e. The molecule has 4 rings (SSSR count). The summed E-state index contributed by atoms with van der Waals surface area (Å²) < 4.78 is 5.86. The van der Waals surface area contributed by atoms with E-state index in [-0.39, 0.29) is 23.8 Å². The summed E-state index contributed by atoms with van der Waals surface area (Å²) in [6.07, 6.45) is 2.56. The Hall–Kier alpha value is -5.24. The highest BCUT2D eigenvalue weighted by molar-refractivity contribution is 6.04. The minimum atomic E-state index is -0.815. The maximum atomic E-state index is 12.8. The monoisotopic (exact) mass is 512 g/mol. The summed E-state index contributed by atoms with van der Waals surface area (Å²) in [7, 11) is 4.70. The van der Waals surface area contributed by atoms with Gasteiger partial charge >= 0.3 is 0 Å². The molecule has 2 aromatic heterocycles. The molecule has 2 N–H and O–H groups in total. The van der Waals surface area contributed by atoms with Gasteiger partial charge in [0.05, 0.1) is 17.8 Å². The molecule has 0 saturated heterocycles. The fourth-order valence-corrected chi connectivity index (χ4v) is 4.06. The molecule has 0 aliphatic carbocycles. The Morgan fingerprint density at radius 1 is 1.21 bits per heavy atom. The summed E-state index contributed by atoms with van der Waals surface area (Å²) in [5.74, 6) is -2.12. The van der Waals surface area contributed by atoms with Crippen molar-refractivity contribution in [3.8, 4) is 11.8 Å². The highest BCUT2D eigenvalue weighted by Crippen LogP contribution is 2.31. The Kier molecular flexibility index (Phi) is 7.34. The molecule has 192 valence electrons. The van der Waals surface area contributed by atoms with Gasteiger partial charge in [0.15, 0.2) is 5.69 Å². The van der Waals surface area contributed by atoms with E-state index < -0.39 is 28.8 Å². The van der Waals surface area contributed by atoms with E-state index in [4.69, 9.17) is 4.52 Å². The Bertz CT molecular complexity index is 1590. The molecule has 11 nitrogen and oxygen atoms in total. The molecule has 4 aromatic rings. The first kappa shape index (κ1) is 25.8. The van der Waals surface area contributed by atoms with Gasteiger partial charge in [0, 0.05) is 39.0 Å². The van der Waals surface area contributed by atoms with Crippen molar-refractivity contribution >= 4 is 17.5 Å². The van der Waals surface area contributed by atoms with Gasteiger partial charge in [-0.15, -0.1) is 0 Å². The maximum Gasteiger partial charge on any atom is 0.296 e. The molecule has 2 aromatic carbocycles. The summed E-state index contributed by atoms with van der Waals surface area (Å²) in [6, 6.07) is 16.4. The number of nitrogens with one attached hydrogen (secondary N) is 1. The minimum absolute atomic E-state index is 0.110. The van der Waals surface area contributed by atoms with E-state index in [1.165, 1.54) is 30.5 Å². The SMILES string of the molecule is CN(C)C(=O)c1ccc(C(Cc2nc(C(=O)Nc3cnoc3)c(O)c(=O)n2C)c2ccccc2)c(C#N)c1. The largest absolute Gasteiger partial charge is 0.501 e. The molecule has 0 fully saturated rings. The number of rotatable bonds is 7. The van der Waals surface area contributed by atoms with Gasteiger partial charge in [-0.3, -0.25) is 19.0 Å². The van der Waals surface area contributed by atoms with Crippen molar-refractivity contribution in [1.82, 2.24) is 19.6 Å². The maximum absolute atomic E-state index is 12.8. The zero-order chi connectivity index (χ0) is 27.4. The lowest BCUT2D eigenvalue weighted by Gasteiger charge is -2.21. The van der Waals surface area contributed by atoms with Crippen LogP contribution in [0.5, 0.6) is 5.75 Å². The second-order valence-corrected chi connectivity index (χ2v) is 8.74. The van der Waals surface area contributed by atoms with E-state index in [9.17, 15) is 24.8 Å². The third-order valence-electron chi connectivity index (χ3n) is 6.06. The molecular weight excluding hydrogens is 488 g/mol. The van der Waals surface area contributed by atoms with Crippen molar-refractivity contribution in [2.24, 2.45) is 7.05 Å². The zero-order valence-corrected chi connectivity index (χ0v) is 20.9. The molecule has 2 heterocycles. The standard InChI is InChI=1S/C27H24N6O5/c1-32(2)26(36)17-9-10-20(18(11-17)13-28)21(16-7-5-4-6-8-16)12-22-31-23(24(34)27(37)33(22)3)25(35)30-19-14-29-38-15-19/h4-11,14-15,21,34H,12H2,1-3H3,(H,30,35). The van der Waals surface area contributed by atoms with Crippen molar-refractivity contribution < 1.29 is 19.2 Å². The number of nitriles is 1. The first-order valence-corrected chi connectivity index (χ1v) is 11.5. The quantitative estimate of drug-likeness (QED) is 0.383. The van der Waals surface area contributed by atoms with Crippen LogP contribution in [0.4, 0.5) is 5.69 Å². The van der Waals surface area contributed by atoms with Crippen molar-refractivity contribution in [2.75, 3.05) is 19.4 Å². The summed E-state index contributed by atoms with van der Waals surface area (Å²) in [6.45, 7) is 0. The van der Waals surface area contributed by atoms with E-state index >= 15 is 0 Å². The first-order chi connectivity index (χ1) is 18.2. The number of anilines is 1. The highest BCUT2D eigenvalue weighted by atomic mass is 16.5. The highest BCUT2D eigenvalue weighted by Gasteiger charge is 2.25. The summed E-state index contributed by atoms with van der Waals surface area (Å²) in [5.41, 5.74) is 1.07. The Balaban J connectivity index is 1.81. The second-order valence-electron chi connectivity index (χ2n) is 8.74. The van der Waals surface area contributed by atoms with Gasteiger partial charge in [0.1, 0.15) is 17.8 Å². The van der Waals surface area contributed by atoms with Crippen LogP contribution in [0.25, 0.3) is 0 Å². The van der Waals surface area contributed by atoms with Gasteiger partial charge in [-0.2, -0.15) is 5.26 Å². The topological polar surface area (TPSA) is 154 Å². The minimum Gasteiger partial charge on any atom is -0.501 e. The summed E-state index contributed by atoms with van der Waals surface area (Å²) in [4.78, 5) is 43.9. The predicted octanol–water partition coefficient (Wildman–Crippen LogP) is 2.67. The third-order valence-corrected chi connectivity index (χ3v) is 6.06.